The molecule has 0 bridgehead atoms. The molecule has 2 aromatic carbocycles. The molecule has 1 heterocycles. The monoisotopic (exact) mass is 348 g/mol. The van der Waals surface area contributed by atoms with Gasteiger partial charge in [-0.3, -0.25) is 9.59 Å². The topological polar surface area (TPSA) is 49.4 Å². The largest absolute Gasteiger partial charge is 0.331 e. The Morgan fingerprint density at radius 3 is 2.77 bits per heavy atom. The van der Waals surface area contributed by atoms with Crippen LogP contribution in [0.25, 0.3) is 11.1 Å². The molecular weight excluding hydrogens is 324 g/mol. The van der Waals surface area contributed by atoms with Gasteiger partial charge in [-0.1, -0.05) is 37.3 Å². The van der Waals surface area contributed by atoms with E-state index in [2.05, 4.69) is 41.7 Å². The number of anilines is 1. The van der Waals surface area contributed by atoms with Crippen LogP contribution in [0.2, 0.25) is 0 Å². The highest BCUT2D eigenvalue weighted by atomic mass is 16.2. The average molecular weight is 348 g/mol. The fourth-order valence-corrected chi connectivity index (χ4v) is 4.14. The molecule has 1 saturated heterocycles. The number of rotatable bonds is 4. The number of hydrogen-bond acceptors (Lipinski definition) is 2. The summed E-state index contributed by atoms with van der Waals surface area (Å²) in [4.78, 5) is 26.7. The minimum absolute atomic E-state index is 0.0672. The van der Waals surface area contributed by atoms with Gasteiger partial charge >= 0.3 is 0 Å². The zero-order valence-corrected chi connectivity index (χ0v) is 15.1. The Labute approximate surface area is 154 Å². The SMILES string of the molecule is CCCC(=O)N1CCCC1C(=O)Nc1ccc2c(c1)Cc1ccccc1-2. The minimum atomic E-state index is -0.334. The van der Waals surface area contributed by atoms with E-state index in [-0.39, 0.29) is 17.9 Å². The van der Waals surface area contributed by atoms with Crippen molar-refractivity contribution in [3.63, 3.8) is 0 Å². The van der Waals surface area contributed by atoms with Crippen molar-refractivity contribution in [2.45, 2.75) is 45.1 Å². The lowest BCUT2D eigenvalue weighted by Crippen LogP contribution is -2.43. The van der Waals surface area contributed by atoms with Crippen molar-refractivity contribution in [1.82, 2.24) is 4.90 Å². The molecule has 2 aliphatic rings. The Balaban J connectivity index is 1.49. The Morgan fingerprint density at radius 2 is 1.92 bits per heavy atom. The maximum Gasteiger partial charge on any atom is 0.247 e. The summed E-state index contributed by atoms with van der Waals surface area (Å²) in [5.74, 6) is 0.0250. The molecule has 4 rings (SSSR count). The van der Waals surface area contributed by atoms with Gasteiger partial charge < -0.3 is 10.2 Å². The first-order valence-corrected chi connectivity index (χ1v) is 9.49. The Bertz CT molecular complexity index is 859. The molecule has 2 amide bonds. The molecule has 134 valence electrons. The molecule has 4 nitrogen and oxygen atoms in total. The predicted molar refractivity (Wildman–Crippen MR) is 103 cm³/mol. The van der Waals surface area contributed by atoms with Crippen molar-refractivity contribution in [3.05, 3.63) is 53.6 Å². The van der Waals surface area contributed by atoms with Gasteiger partial charge in [-0.25, -0.2) is 0 Å². The molecule has 1 unspecified atom stereocenters. The summed E-state index contributed by atoms with van der Waals surface area (Å²) in [6.07, 6.45) is 3.88. The third-order valence-electron chi connectivity index (χ3n) is 5.40. The zero-order chi connectivity index (χ0) is 18.1. The van der Waals surface area contributed by atoms with Crippen molar-refractivity contribution < 1.29 is 9.59 Å². The summed E-state index contributed by atoms with van der Waals surface area (Å²) in [7, 11) is 0. The van der Waals surface area contributed by atoms with Gasteiger partial charge in [-0.15, -0.1) is 0 Å². The van der Waals surface area contributed by atoms with Gasteiger partial charge in [0.2, 0.25) is 11.8 Å². The molecular formula is C22H24N2O2. The highest BCUT2D eigenvalue weighted by Gasteiger charge is 2.33. The number of carbonyl (C=O) groups excluding carboxylic acids is 2. The number of amides is 2. The Morgan fingerprint density at radius 1 is 1.12 bits per heavy atom. The van der Waals surface area contributed by atoms with Gasteiger partial charge in [-0.05, 0) is 60.1 Å². The van der Waals surface area contributed by atoms with Gasteiger partial charge in [0.25, 0.3) is 0 Å². The van der Waals surface area contributed by atoms with Crippen molar-refractivity contribution in [1.29, 1.82) is 0 Å². The summed E-state index contributed by atoms with van der Waals surface area (Å²) in [5, 5.41) is 3.03. The normalized spacial score (nSPS) is 17.7. The molecule has 1 fully saturated rings. The smallest absolute Gasteiger partial charge is 0.247 e. The van der Waals surface area contributed by atoms with E-state index in [9.17, 15) is 9.59 Å². The molecule has 1 atom stereocenters. The van der Waals surface area contributed by atoms with Gasteiger partial charge in [0.15, 0.2) is 0 Å². The first kappa shape index (κ1) is 16.8. The number of nitrogens with zero attached hydrogens (tertiary/aromatic N) is 1. The lowest BCUT2D eigenvalue weighted by molar-refractivity contribution is -0.136. The number of nitrogens with one attached hydrogen (secondary N) is 1. The molecule has 26 heavy (non-hydrogen) atoms. The molecule has 1 aliphatic heterocycles. The molecule has 2 aromatic rings. The quantitative estimate of drug-likeness (QED) is 0.775. The fraction of sp³-hybridized carbons (Fsp3) is 0.364. The number of hydrogen-bond donors (Lipinski definition) is 1. The number of benzene rings is 2. The van der Waals surface area contributed by atoms with Crippen LogP contribution >= 0.6 is 0 Å². The molecule has 0 spiro atoms. The van der Waals surface area contributed by atoms with Crippen LogP contribution in [0.4, 0.5) is 5.69 Å². The second-order valence-electron chi connectivity index (χ2n) is 7.19. The third-order valence-corrected chi connectivity index (χ3v) is 5.40. The van der Waals surface area contributed by atoms with Gasteiger partial charge in [0.1, 0.15) is 6.04 Å². The standard InChI is InChI=1S/C22H24N2O2/c1-2-6-21(25)24-12-5-9-20(24)22(26)23-17-10-11-19-16(14-17)13-15-7-3-4-8-18(15)19/h3-4,7-8,10-11,14,20H,2,5-6,9,12-13H2,1H3,(H,23,26). The number of fused-ring (bicyclic) bond motifs is 3. The van der Waals surface area contributed by atoms with E-state index < -0.39 is 0 Å². The molecule has 0 radical (unpaired) electrons. The maximum absolute atomic E-state index is 12.7. The third kappa shape index (κ3) is 3.00. The summed E-state index contributed by atoms with van der Waals surface area (Å²) in [6.45, 7) is 2.68. The van der Waals surface area contributed by atoms with Crippen molar-refractivity contribution in [3.8, 4) is 11.1 Å². The van der Waals surface area contributed by atoms with Gasteiger partial charge in [0, 0.05) is 18.7 Å². The summed E-state index contributed by atoms with van der Waals surface area (Å²) >= 11 is 0. The van der Waals surface area contributed by atoms with Crippen LogP contribution in [0.5, 0.6) is 0 Å². The van der Waals surface area contributed by atoms with Crippen LogP contribution < -0.4 is 5.32 Å². The lowest BCUT2D eigenvalue weighted by Gasteiger charge is -2.24. The lowest BCUT2D eigenvalue weighted by atomic mass is 10.1. The highest BCUT2D eigenvalue weighted by Crippen LogP contribution is 2.37. The van der Waals surface area contributed by atoms with Crippen molar-refractivity contribution in [2.24, 2.45) is 0 Å². The molecule has 4 heteroatoms. The first-order valence-electron chi connectivity index (χ1n) is 9.49. The van der Waals surface area contributed by atoms with E-state index in [0.717, 1.165) is 31.4 Å². The Hall–Kier alpha value is -2.62. The van der Waals surface area contributed by atoms with Crippen LogP contribution in [0.15, 0.2) is 42.5 Å². The fourth-order valence-electron chi connectivity index (χ4n) is 4.14. The van der Waals surface area contributed by atoms with Crippen LogP contribution in [0.1, 0.15) is 43.7 Å². The highest BCUT2D eigenvalue weighted by molar-refractivity contribution is 5.98. The van der Waals surface area contributed by atoms with E-state index in [1.807, 2.05) is 13.0 Å². The van der Waals surface area contributed by atoms with Crippen LogP contribution in [-0.2, 0) is 16.0 Å². The second-order valence-corrected chi connectivity index (χ2v) is 7.19. The van der Waals surface area contributed by atoms with E-state index in [1.54, 1.807) is 4.90 Å². The molecule has 0 saturated carbocycles. The molecule has 1 aliphatic carbocycles. The van der Waals surface area contributed by atoms with Crippen molar-refractivity contribution >= 4 is 17.5 Å². The average Bonchev–Trinajstić information content (AvgIpc) is 3.26. The van der Waals surface area contributed by atoms with E-state index >= 15 is 0 Å². The van der Waals surface area contributed by atoms with E-state index in [0.29, 0.717) is 13.0 Å². The second kappa shape index (κ2) is 6.94. The minimum Gasteiger partial charge on any atom is -0.331 e. The van der Waals surface area contributed by atoms with Gasteiger partial charge in [-0.2, -0.15) is 0 Å². The first-order chi connectivity index (χ1) is 12.7. The van der Waals surface area contributed by atoms with Crippen LogP contribution in [0, 0.1) is 0 Å². The van der Waals surface area contributed by atoms with E-state index in [1.165, 1.54) is 22.3 Å². The van der Waals surface area contributed by atoms with E-state index in [4.69, 9.17) is 0 Å². The summed E-state index contributed by atoms with van der Waals surface area (Å²) in [6, 6.07) is 14.2. The summed E-state index contributed by atoms with van der Waals surface area (Å²) in [5.41, 5.74) is 5.93. The van der Waals surface area contributed by atoms with Crippen molar-refractivity contribution in [2.75, 3.05) is 11.9 Å². The van der Waals surface area contributed by atoms with Crippen LogP contribution in [-0.4, -0.2) is 29.3 Å². The molecule has 1 N–H and O–H groups in total. The summed E-state index contributed by atoms with van der Waals surface area (Å²) < 4.78 is 0. The maximum atomic E-state index is 12.7. The zero-order valence-electron chi connectivity index (χ0n) is 15.1. The predicted octanol–water partition coefficient (Wildman–Crippen LogP) is 3.99. The van der Waals surface area contributed by atoms with Crippen LogP contribution in [0.3, 0.4) is 0 Å². The molecule has 0 aromatic heterocycles. The number of likely N-dealkylation sites (tertiary alicyclic amines) is 1. The number of carbonyl (C=O) groups is 2. The van der Waals surface area contributed by atoms with Gasteiger partial charge in [0.05, 0.1) is 0 Å². The Kier molecular flexibility index (Phi) is 4.49.